The third-order valence-electron chi connectivity index (χ3n) is 4.62. The summed E-state index contributed by atoms with van der Waals surface area (Å²) in [7, 11) is 0. The summed E-state index contributed by atoms with van der Waals surface area (Å²) in [6.07, 6.45) is 5.00. The van der Waals surface area contributed by atoms with Crippen molar-refractivity contribution in [1.82, 2.24) is 9.97 Å². The summed E-state index contributed by atoms with van der Waals surface area (Å²) in [4.78, 5) is 9.27. The van der Waals surface area contributed by atoms with E-state index in [0.717, 1.165) is 34.7 Å². The van der Waals surface area contributed by atoms with Gasteiger partial charge >= 0.3 is 0 Å². The predicted octanol–water partition coefficient (Wildman–Crippen LogP) is 3.31. The SMILES string of the molecule is Cc1nc(C2CCC(C(C)C)CC2)nc(NN)c1C. The molecule has 3 N–H and O–H groups in total. The molecule has 0 radical (unpaired) electrons. The highest BCUT2D eigenvalue weighted by atomic mass is 15.3. The third-order valence-corrected chi connectivity index (χ3v) is 4.62. The highest BCUT2D eigenvalue weighted by Gasteiger charge is 2.26. The number of nitrogen functional groups attached to an aromatic ring is 1. The van der Waals surface area contributed by atoms with Crippen molar-refractivity contribution in [2.45, 2.75) is 59.3 Å². The van der Waals surface area contributed by atoms with Gasteiger partial charge in [-0.05, 0) is 51.4 Å². The van der Waals surface area contributed by atoms with E-state index in [1.807, 2.05) is 13.8 Å². The Bertz CT molecular complexity index is 434. The van der Waals surface area contributed by atoms with Crippen LogP contribution in [-0.4, -0.2) is 9.97 Å². The minimum atomic E-state index is 0.501. The average Bonchev–Trinajstić information content (AvgIpc) is 2.41. The minimum absolute atomic E-state index is 0.501. The van der Waals surface area contributed by atoms with E-state index >= 15 is 0 Å². The van der Waals surface area contributed by atoms with Gasteiger partial charge in [0.25, 0.3) is 0 Å². The number of hydrogen-bond donors (Lipinski definition) is 2. The van der Waals surface area contributed by atoms with E-state index in [0.29, 0.717) is 5.92 Å². The second kappa shape index (κ2) is 5.87. The second-order valence-electron chi connectivity index (χ2n) is 6.14. The maximum Gasteiger partial charge on any atom is 0.146 e. The van der Waals surface area contributed by atoms with Crippen molar-refractivity contribution in [2.75, 3.05) is 5.43 Å². The molecule has 1 aliphatic rings. The molecule has 1 aliphatic carbocycles. The van der Waals surface area contributed by atoms with E-state index in [4.69, 9.17) is 5.84 Å². The van der Waals surface area contributed by atoms with Gasteiger partial charge in [0, 0.05) is 17.2 Å². The van der Waals surface area contributed by atoms with Crippen LogP contribution in [0.3, 0.4) is 0 Å². The quantitative estimate of drug-likeness (QED) is 0.648. The minimum Gasteiger partial charge on any atom is -0.308 e. The lowest BCUT2D eigenvalue weighted by molar-refractivity contribution is 0.254. The molecule has 0 aromatic carbocycles. The van der Waals surface area contributed by atoms with Gasteiger partial charge in [-0.1, -0.05) is 13.8 Å². The molecule has 0 atom stereocenters. The zero-order chi connectivity index (χ0) is 14.0. The van der Waals surface area contributed by atoms with Gasteiger partial charge in [-0.25, -0.2) is 15.8 Å². The van der Waals surface area contributed by atoms with Crippen LogP contribution in [0.5, 0.6) is 0 Å². The van der Waals surface area contributed by atoms with E-state index in [-0.39, 0.29) is 0 Å². The van der Waals surface area contributed by atoms with E-state index in [1.165, 1.54) is 25.7 Å². The van der Waals surface area contributed by atoms with Gasteiger partial charge in [-0.15, -0.1) is 0 Å². The van der Waals surface area contributed by atoms with E-state index < -0.39 is 0 Å². The number of nitrogens with zero attached hydrogens (tertiary/aromatic N) is 2. The number of hydrogen-bond acceptors (Lipinski definition) is 4. The monoisotopic (exact) mass is 262 g/mol. The van der Waals surface area contributed by atoms with Gasteiger partial charge in [0.05, 0.1) is 0 Å². The highest BCUT2D eigenvalue weighted by molar-refractivity contribution is 5.44. The first kappa shape index (κ1) is 14.3. The van der Waals surface area contributed by atoms with E-state index in [1.54, 1.807) is 0 Å². The fourth-order valence-electron chi connectivity index (χ4n) is 3.02. The summed E-state index contributed by atoms with van der Waals surface area (Å²) in [5.41, 5.74) is 4.77. The Morgan fingerprint density at radius 1 is 1.11 bits per heavy atom. The average molecular weight is 262 g/mol. The van der Waals surface area contributed by atoms with Crippen LogP contribution >= 0.6 is 0 Å². The first-order valence-electron chi connectivity index (χ1n) is 7.34. The number of rotatable bonds is 3. The van der Waals surface area contributed by atoms with Crippen LogP contribution in [0.25, 0.3) is 0 Å². The molecule has 2 rings (SSSR count). The summed E-state index contributed by atoms with van der Waals surface area (Å²) in [5, 5.41) is 0. The maximum atomic E-state index is 5.54. The number of nitrogens with two attached hydrogens (primary N) is 1. The molecule has 0 unspecified atom stereocenters. The van der Waals surface area contributed by atoms with Crippen LogP contribution < -0.4 is 11.3 Å². The molecule has 0 spiro atoms. The molecule has 1 aromatic rings. The standard InChI is InChI=1S/C15H26N4/c1-9(2)12-5-7-13(8-6-12)15-17-11(4)10(3)14(18-15)19-16/h9,12-13H,5-8,16H2,1-4H3,(H,17,18,19). The molecule has 1 aromatic heterocycles. The summed E-state index contributed by atoms with van der Waals surface area (Å²) >= 11 is 0. The molecule has 19 heavy (non-hydrogen) atoms. The Labute approximate surface area is 116 Å². The molecule has 106 valence electrons. The van der Waals surface area contributed by atoms with Crippen molar-refractivity contribution < 1.29 is 0 Å². The lowest BCUT2D eigenvalue weighted by Gasteiger charge is -2.30. The van der Waals surface area contributed by atoms with Gasteiger partial charge in [0.15, 0.2) is 0 Å². The zero-order valence-electron chi connectivity index (χ0n) is 12.5. The van der Waals surface area contributed by atoms with Crippen molar-refractivity contribution in [3.8, 4) is 0 Å². The number of nitrogens with one attached hydrogen (secondary N) is 1. The summed E-state index contributed by atoms with van der Waals surface area (Å²) in [5.74, 6) is 9.45. The van der Waals surface area contributed by atoms with Crippen LogP contribution in [0.1, 0.15) is 62.5 Å². The van der Waals surface area contributed by atoms with Crippen molar-refractivity contribution in [1.29, 1.82) is 0 Å². The van der Waals surface area contributed by atoms with Crippen molar-refractivity contribution >= 4 is 5.82 Å². The molecular formula is C15H26N4. The molecule has 0 saturated heterocycles. The normalized spacial score (nSPS) is 23.7. The summed E-state index contributed by atoms with van der Waals surface area (Å²) in [6.45, 7) is 8.69. The fourth-order valence-corrected chi connectivity index (χ4v) is 3.02. The largest absolute Gasteiger partial charge is 0.308 e. The zero-order valence-corrected chi connectivity index (χ0v) is 12.5. The molecular weight excluding hydrogens is 236 g/mol. The Kier molecular flexibility index (Phi) is 4.40. The topological polar surface area (TPSA) is 63.8 Å². The molecule has 0 amide bonds. The van der Waals surface area contributed by atoms with Crippen LogP contribution in [0.2, 0.25) is 0 Å². The van der Waals surface area contributed by atoms with Crippen molar-refractivity contribution in [2.24, 2.45) is 17.7 Å². The predicted molar refractivity (Wildman–Crippen MR) is 78.9 cm³/mol. The molecule has 0 aliphatic heterocycles. The summed E-state index contributed by atoms with van der Waals surface area (Å²) < 4.78 is 0. The van der Waals surface area contributed by atoms with Crippen molar-refractivity contribution in [3.05, 3.63) is 17.1 Å². The lowest BCUT2D eigenvalue weighted by atomic mass is 9.76. The van der Waals surface area contributed by atoms with Gasteiger partial charge in [-0.2, -0.15) is 0 Å². The summed E-state index contributed by atoms with van der Waals surface area (Å²) in [6, 6.07) is 0. The Morgan fingerprint density at radius 3 is 2.26 bits per heavy atom. The van der Waals surface area contributed by atoms with Crippen molar-refractivity contribution in [3.63, 3.8) is 0 Å². The van der Waals surface area contributed by atoms with Gasteiger partial charge in [-0.3, -0.25) is 0 Å². The lowest BCUT2D eigenvalue weighted by Crippen LogP contribution is -2.20. The Balaban J connectivity index is 2.13. The third kappa shape index (κ3) is 3.06. The van der Waals surface area contributed by atoms with E-state index in [9.17, 15) is 0 Å². The number of aryl methyl sites for hydroxylation is 1. The highest BCUT2D eigenvalue weighted by Crippen LogP contribution is 2.37. The molecule has 4 nitrogen and oxygen atoms in total. The van der Waals surface area contributed by atoms with Crippen LogP contribution in [0.4, 0.5) is 5.82 Å². The molecule has 1 fully saturated rings. The van der Waals surface area contributed by atoms with Gasteiger partial charge in [0.1, 0.15) is 11.6 Å². The molecule has 1 heterocycles. The smallest absolute Gasteiger partial charge is 0.146 e. The second-order valence-corrected chi connectivity index (χ2v) is 6.14. The van der Waals surface area contributed by atoms with Gasteiger partial charge < -0.3 is 5.43 Å². The molecule has 1 saturated carbocycles. The Hall–Kier alpha value is -1.16. The first-order chi connectivity index (χ1) is 9.02. The Morgan fingerprint density at radius 2 is 1.74 bits per heavy atom. The number of aromatic nitrogens is 2. The fraction of sp³-hybridized carbons (Fsp3) is 0.733. The number of hydrazine groups is 1. The van der Waals surface area contributed by atoms with Crippen LogP contribution in [0, 0.1) is 25.7 Å². The van der Waals surface area contributed by atoms with Crippen LogP contribution in [-0.2, 0) is 0 Å². The molecule has 4 heteroatoms. The van der Waals surface area contributed by atoms with E-state index in [2.05, 4.69) is 29.2 Å². The van der Waals surface area contributed by atoms with Crippen LogP contribution in [0.15, 0.2) is 0 Å². The number of anilines is 1. The van der Waals surface area contributed by atoms with Gasteiger partial charge in [0.2, 0.25) is 0 Å². The maximum absolute atomic E-state index is 5.54. The molecule has 0 bridgehead atoms. The first-order valence-corrected chi connectivity index (χ1v) is 7.34.